The van der Waals surface area contributed by atoms with E-state index < -0.39 is 11.5 Å². The molecule has 0 atom stereocenters. The number of rotatable bonds is 1. The van der Waals surface area contributed by atoms with Crippen molar-refractivity contribution in [3.05, 3.63) is 51.3 Å². The summed E-state index contributed by atoms with van der Waals surface area (Å²) in [6, 6.07) is 4.10. The monoisotopic (exact) mass is 238 g/mol. The van der Waals surface area contributed by atoms with E-state index in [0.29, 0.717) is 11.3 Å². The zero-order valence-corrected chi connectivity index (χ0v) is 9.18. The molecule has 3 nitrogen and oxygen atoms in total. The summed E-state index contributed by atoms with van der Waals surface area (Å²) in [5, 5.41) is 0.284. The molecular formula is C11H8ClFN2O. The summed E-state index contributed by atoms with van der Waals surface area (Å²) in [6.07, 6.45) is 1.44. The molecule has 0 radical (unpaired) electrons. The highest BCUT2D eigenvalue weighted by molar-refractivity contribution is 6.30. The van der Waals surface area contributed by atoms with Crippen LogP contribution in [0.2, 0.25) is 5.02 Å². The van der Waals surface area contributed by atoms with Crippen molar-refractivity contribution in [1.82, 2.24) is 9.97 Å². The fourth-order valence-corrected chi connectivity index (χ4v) is 1.68. The van der Waals surface area contributed by atoms with Crippen molar-refractivity contribution in [3.8, 4) is 11.3 Å². The third-order valence-electron chi connectivity index (χ3n) is 2.15. The van der Waals surface area contributed by atoms with Gasteiger partial charge in [-0.3, -0.25) is 0 Å². The van der Waals surface area contributed by atoms with Crippen LogP contribution in [0.4, 0.5) is 4.39 Å². The van der Waals surface area contributed by atoms with Crippen LogP contribution in [0, 0.1) is 12.7 Å². The lowest BCUT2D eigenvalue weighted by atomic mass is 10.1. The van der Waals surface area contributed by atoms with Crippen LogP contribution < -0.4 is 5.69 Å². The summed E-state index contributed by atoms with van der Waals surface area (Å²) < 4.78 is 13.2. The molecule has 0 spiro atoms. The van der Waals surface area contributed by atoms with E-state index in [9.17, 15) is 9.18 Å². The van der Waals surface area contributed by atoms with Gasteiger partial charge in [-0.1, -0.05) is 11.6 Å². The molecule has 0 saturated carbocycles. The smallest absolute Gasteiger partial charge is 0.305 e. The zero-order valence-electron chi connectivity index (χ0n) is 8.42. The number of nitrogens with one attached hydrogen (secondary N) is 1. The van der Waals surface area contributed by atoms with Crippen molar-refractivity contribution in [3.63, 3.8) is 0 Å². The van der Waals surface area contributed by atoms with E-state index in [0.717, 1.165) is 5.56 Å². The van der Waals surface area contributed by atoms with E-state index in [1.54, 1.807) is 13.0 Å². The van der Waals surface area contributed by atoms with Gasteiger partial charge in [0, 0.05) is 16.8 Å². The number of aromatic amines is 1. The minimum Gasteiger partial charge on any atom is -0.305 e. The second-order valence-electron chi connectivity index (χ2n) is 3.40. The molecule has 1 N–H and O–H groups in total. The summed E-state index contributed by atoms with van der Waals surface area (Å²) in [4.78, 5) is 17.2. The molecule has 1 aromatic carbocycles. The maximum Gasteiger partial charge on any atom is 0.345 e. The minimum atomic E-state index is -0.471. The molecule has 0 bridgehead atoms. The van der Waals surface area contributed by atoms with Gasteiger partial charge in [-0.15, -0.1) is 0 Å². The van der Waals surface area contributed by atoms with Gasteiger partial charge in [-0.2, -0.15) is 0 Å². The first-order valence-electron chi connectivity index (χ1n) is 4.58. The lowest BCUT2D eigenvalue weighted by molar-refractivity contribution is 0.628. The van der Waals surface area contributed by atoms with Crippen LogP contribution >= 0.6 is 11.6 Å². The van der Waals surface area contributed by atoms with Crippen LogP contribution in [0.15, 0.2) is 29.2 Å². The lowest BCUT2D eigenvalue weighted by Gasteiger charge is -2.05. The van der Waals surface area contributed by atoms with E-state index in [1.807, 2.05) is 0 Å². The predicted octanol–water partition coefficient (Wildman–Crippen LogP) is 2.54. The first-order chi connectivity index (χ1) is 7.56. The van der Waals surface area contributed by atoms with Gasteiger partial charge in [0.25, 0.3) is 0 Å². The SMILES string of the molecule is Cc1cnc(=O)[nH]c1-c1cc(F)cc(Cl)c1. The van der Waals surface area contributed by atoms with Gasteiger partial charge in [0.15, 0.2) is 0 Å². The average molecular weight is 239 g/mol. The molecule has 0 fully saturated rings. The number of benzene rings is 1. The van der Waals surface area contributed by atoms with Crippen LogP contribution in [0.25, 0.3) is 11.3 Å². The largest absolute Gasteiger partial charge is 0.345 e. The van der Waals surface area contributed by atoms with E-state index >= 15 is 0 Å². The second kappa shape index (κ2) is 4.06. The van der Waals surface area contributed by atoms with E-state index in [1.165, 1.54) is 18.3 Å². The number of H-pyrrole nitrogens is 1. The maximum absolute atomic E-state index is 13.2. The Labute approximate surface area is 95.9 Å². The molecular weight excluding hydrogens is 231 g/mol. The van der Waals surface area contributed by atoms with Crippen LogP contribution in [-0.4, -0.2) is 9.97 Å². The molecule has 0 amide bonds. The normalized spacial score (nSPS) is 10.4. The Hall–Kier alpha value is -1.68. The quantitative estimate of drug-likeness (QED) is 0.830. The topological polar surface area (TPSA) is 45.8 Å². The number of aryl methyl sites for hydroxylation is 1. The minimum absolute atomic E-state index is 0.284. The fourth-order valence-electron chi connectivity index (χ4n) is 1.46. The van der Waals surface area contributed by atoms with E-state index in [-0.39, 0.29) is 5.02 Å². The second-order valence-corrected chi connectivity index (χ2v) is 3.84. The molecule has 1 aromatic heterocycles. The summed E-state index contributed by atoms with van der Waals surface area (Å²) in [7, 11) is 0. The summed E-state index contributed by atoms with van der Waals surface area (Å²) in [5.41, 5.74) is 1.34. The van der Waals surface area contributed by atoms with Gasteiger partial charge >= 0.3 is 5.69 Å². The van der Waals surface area contributed by atoms with Crippen molar-refractivity contribution in [2.75, 3.05) is 0 Å². The third kappa shape index (κ3) is 2.12. The standard InChI is InChI=1S/C11H8ClFN2O/c1-6-5-14-11(16)15-10(6)7-2-8(12)4-9(13)3-7/h2-5H,1H3,(H,14,15,16). The van der Waals surface area contributed by atoms with Crippen LogP contribution in [0.1, 0.15) is 5.56 Å². The summed E-state index contributed by atoms with van der Waals surface area (Å²) >= 11 is 5.74. The lowest BCUT2D eigenvalue weighted by Crippen LogP contribution is -2.11. The molecule has 82 valence electrons. The molecule has 5 heteroatoms. The first-order valence-corrected chi connectivity index (χ1v) is 4.96. The summed E-state index contributed by atoms with van der Waals surface area (Å²) in [6.45, 7) is 1.77. The molecule has 2 rings (SSSR count). The Morgan fingerprint density at radius 1 is 1.38 bits per heavy atom. The van der Waals surface area contributed by atoms with Gasteiger partial charge in [-0.05, 0) is 30.7 Å². The zero-order chi connectivity index (χ0) is 11.7. The van der Waals surface area contributed by atoms with Crippen molar-refractivity contribution in [2.45, 2.75) is 6.92 Å². The van der Waals surface area contributed by atoms with Crippen molar-refractivity contribution in [1.29, 1.82) is 0 Å². The number of halogens is 2. The highest BCUT2D eigenvalue weighted by Gasteiger charge is 2.06. The van der Waals surface area contributed by atoms with Crippen molar-refractivity contribution in [2.24, 2.45) is 0 Å². The molecule has 0 aliphatic heterocycles. The number of aromatic nitrogens is 2. The molecule has 0 unspecified atom stereocenters. The molecule has 2 aromatic rings. The third-order valence-corrected chi connectivity index (χ3v) is 2.37. The Balaban J connectivity index is 2.66. The molecule has 0 aliphatic rings. The Morgan fingerprint density at radius 3 is 2.81 bits per heavy atom. The number of nitrogens with zero attached hydrogens (tertiary/aromatic N) is 1. The highest BCUT2D eigenvalue weighted by Crippen LogP contribution is 2.23. The summed E-state index contributed by atoms with van der Waals surface area (Å²) in [5.74, 6) is -0.445. The average Bonchev–Trinajstić information content (AvgIpc) is 2.20. The van der Waals surface area contributed by atoms with Crippen LogP contribution in [0.5, 0.6) is 0 Å². The predicted molar refractivity (Wildman–Crippen MR) is 60.0 cm³/mol. The number of hydrogen-bond acceptors (Lipinski definition) is 2. The molecule has 1 heterocycles. The molecule has 0 saturated heterocycles. The first kappa shape index (κ1) is 10.8. The van der Waals surface area contributed by atoms with Gasteiger partial charge in [0.1, 0.15) is 5.82 Å². The van der Waals surface area contributed by atoms with Crippen LogP contribution in [-0.2, 0) is 0 Å². The van der Waals surface area contributed by atoms with Gasteiger partial charge in [0.05, 0.1) is 5.69 Å². The Morgan fingerprint density at radius 2 is 2.12 bits per heavy atom. The van der Waals surface area contributed by atoms with Crippen LogP contribution in [0.3, 0.4) is 0 Å². The molecule has 0 aliphatic carbocycles. The highest BCUT2D eigenvalue weighted by atomic mass is 35.5. The van der Waals surface area contributed by atoms with E-state index in [4.69, 9.17) is 11.6 Å². The van der Waals surface area contributed by atoms with Crippen molar-refractivity contribution >= 4 is 11.6 Å². The Bertz CT molecular complexity index is 575. The van der Waals surface area contributed by atoms with E-state index in [2.05, 4.69) is 9.97 Å². The molecule has 16 heavy (non-hydrogen) atoms. The fraction of sp³-hybridized carbons (Fsp3) is 0.0909. The number of hydrogen-bond donors (Lipinski definition) is 1. The van der Waals surface area contributed by atoms with Gasteiger partial charge in [0.2, 0.25) is 0 Å². The van der Waals surface area contributed by atoms with Crippen molar-refractivity contribution < 1.29 is 4.39 Å². The maximum atomic E-state index is 13.2. The Kier molecular flexibility index (Phi) is 2.75. The van der Waals surface area contributed by atoms with Gasteiger partial charge in [-0.25, -0.2) is 14.2 Å². The van der Waals surface area contributed by atoms with Gasteiger partial charge < -0.3 is 4.98 Å².